The van der Waals surface area contributed by atoms with E-state index >= 15 is 0 Å². The summed E-state index contributed by atoms with van der Waals surface area (Å²) >= 11 is 1.73. The van der Waals surface area contributed by atoms with E-state index in [0.29, 0.717) is 0 Å². The molecule has 2 aromatic heterocycles. The second-order valence-electron chi connectivity index (χ2n) is 4.40. The standard InChI is InChI=1S/C14H21N3OS/c1-4-12-16-13(15-7-6-8-18-5-2)11-9-10(3)19-14(11)17-12/h9H,4-8H2,1-3H3,(H,15,16,17). The minimum Gasteiger partial charge on any atom is -0.382 e. The van der Waals surface area contributed by atoms with E-state index in [2.05, 4.69) is 35.2 Å². The number of aromatic nitrogens is 2. The van der Waals surface area contributed by atoms with Crippen LogP contribution < -0.4 is 5.32 Å². The van der Waals surface area contributed by atoms with E-state index in [4.69, 9.17) is 4.74 Å². The summed E-state index contributed by atoms with van der Waals surface area (Å²) in [6, 6.07) is 2.16. The highest BCUT2D eigenvalue weighted by Gasteiger charge is 2.09. The Bertz CT molecular complexity index is 539. The van der Waals surface area contributed by atoms with Crippen molar-refractivity contribution in [3.63, 3.8) is 0 Å². The summed E-state index contributed by atoms with van der Waals surface area (Å²) in [6.07, 6.45) is 1.85. The quantitative estimate of drug-likeness (QED) is 0.789. The number of thiophene rings is 1. The number of fused-ring (bicyclic) bond motifs is 1. The number of ether oxygens (including phenoxy) is 1. The predicted molar refractivity (Wildman–Crippen MR) is 81.1 cm³/mol. The van der Waals surface area contributed by atoms with Crippen molar-refractivity contribution in [1.82, 2.24) is 9.97 Å². The molecule has 0 aliphatic rings. The molecule has 0 saturated heterocycles. The Balaban J connectivity index is 2.11. The highest BCUT2D eigenvalue weighted by molar-refractivity contribution is 7.18. The Morgan fingerprint density at radius 2 is 2.16 bits per heavy atom. The van der Waals surface area contributed by atoms with Crippen molar-refractivity contribution in [2.75, 3.05) is 25.1 Å². The van der Waals surface area contributed by atoms with Crippen LogP contribution in [0.25, 0.3) is 10.2 Å². The van der Waals surface area contributed by atoms with Crippen molar-refractivity contribution in [2.24, 2.45) is 0 Å². The van der Waals surface area contributed by atoms with Crippen molar-refractivity contribution < 1.29 is 4.74 Å². The van der Waals surface area contributed by atoms with Gasteiger partial charge in [-0.3, -0.25) is 0 Å². The maximum Gasteiger partial charge on any atom is 0.138 e. The van der Waals surface area contributed by atoms with E-state index in [9.17, 15) is 0 Å². The average molecular weight is 279 g/mol. The molecular weight excluding hydrogens is 258 g/mol. The van der Waals surface area contributed by atoms with Crippen molar-refractivity contribution in [2.45, 2.75) is 33.6 Å². The second-order valence-corrected chi connectivity index (χ2v) is 5.63. The SMILES string of the molecule is CCOCCCNc1nc(CC)nc2sc(C)cc12. The van der Waals surface area contributed by atoms with Crippen LogP contribution in [0.2, 0.25) is 0 Å². The fraction of sp³-hybridized carbons (Fsp3) is 0.571. The molecule has 2 heterocycles. The number of anilines is 1. The predicted octanol–water partition coefficient (Wildman–Crippen LogP) is 3.40. The van der Waals surface area contributed by atoms with Gasteiger partial charge in [0.1, 0.15) is 16.5 Å². The van der Waals surface area contributed by atoms with Crippen LogP contribution >= 0.6 is 11.3 Å². The zero-order chi connectivity index (χ0) is 13.7. The fourth-order valence-electron chi connectivity index (χ4n) is 1.90. The van der Waals surface area contributed by atoms with Gasteiger partial charge in [-0.1, -0.05) is 6.92 Å². The van der Waals surface area contributed by atoms with Crippen LogP contribution in [-0.2, 0) is 11.2 Å². The normalized spacial score (nSPS) is 11.1. The van der Waals surface area contributed by atoms with Gasteiger partial charge in [0.2, 0.25) is 0 Å². The monoisotopic (exact) mass is 279 g/mol. The van der Waals surface area contributed by atoms with E-state index in [-0.39, 0.29) is 0 Å². The third-order valence-electron chi connectivity index (χ3n) is 2.84. The Hall–Kier alpha value is -1.20. The summed E-state index contributed by atoms with van der Waals surface area (Å²) in [4.78, 5) is 11.5. The van der Waals surface area contributed by atoms with Gasteiger partial charge in [0.05, 0.1) is 5.39 Å². The summed E-state index contributed by atoms with van der Waals surface area (Å²) in [5.74, 6) is 1.87. The largest absolute Gasteiger partial charge is 0.382 e. The molecule has 1 N–H and O–H groups in total. The molecule has 0 aromatic carbocycles. The third kappa shape index (κ3) is 3.64. The van der Waals surface area contributed by atoms with E-state index in [1.807, 2.05) is 6.92 Å². The first kappa shape index (κ1) is 14.2. The van der Waals surface area contributed by atoms with Crippen LogP contribution in [-0.4, -0.2) is 29.7 Å². The molecule has 2 aromatic rings. The Morgan fingerprint density at radius 1 is 1.32 bits per heavy atom. The first-order valence-electron chi connectivity index (χ1n) is 6.83. The number of aryl methyl sites for hydroxylation is 2. The van der Waals surface area contributed by atoms with Gasteiger partial charge >= 0.3 is 0 Å². The Kier molecular flexibility index (Phi) is 5.10. The van der Waals surface area contributed by atoms with E-state index < -0.39 is 0 Å². The van der Waals surface area contributed by atoms with Crippen LogP contribution in [0.3, 0.4) is 0 Å². The first-order chi connectivity index (χ1) is 9.24. The zero-order valence-electron chi connectivity index (χ0n) is 11.8. The lowest BCUT2D eigenvalue weighted by atomic mass is 10.3. The first-order valence-corrected chi connectivity index (χ1v) is 7.65. The lowest BCUT2D eigenvalue weighted by Crippen LogP contribution is -2.08. The van der Waals surface area contributed by atoms with Crippen molar-refractivity contribution in [1.29, 1.82) is 0 Å². The van der Waals surface area contributed by atoms with Crippen LogP contribution in [0, 0.1) is 6.92 Å². The molecule has 0 radical (unpaired) electrons. The smallest absolute Gasteiger partial charge is 0.138 e. The van der Waals surface area contributed by atoms with Crippen LogP contribution in [0.4, 0.5) is 5.82 Å². The maximum atomic E-state index is 5.34. The van der Waals surface area contributed by atoms with Gasteiger partial charge in [0.25, 0.3) is 0 Å². The van der Waals surface area contributed by atoms with Gasteiger partial charge in [0, 0.05) is 31.1 Å². The summed E-state index contributed by atoms with van der Waals surface area (Å²) in [5, 5.41) is 4.55. The summed E-state index contributed by atoms with van der Waals surface area (Å²) in [6.45, 7) is 8.66. The van der Waals surface area contributed by atoms with E-state index in [0.717, 1.165) is 54.5 Å². The van der Waals surface area contributed by atoms with Crippen molar-refractivity contribution in [3.8, 4) is 0 Å². The molecule has 0 atom stereocenters. The number of rotatable bonds is 7. The molecule has 0 aliphatic carbocycles. The molecule has 104 valence electrons. The molecule has 0 saturated carbocycles. The van der Waals surface area contributed by atoms with Gasteiger partial charge < -0.3 is 10.1 Å². The molecule has 2 rings (SSSR count). The molecule has 5 heteroatoms. The fourth-order valence-corrected chi connectivity index (χ4v) is 2.80. The van der Waals surface area contributed by atoms with Crippen molar-refractivity contribution in [3.05, 3.63) is 16.8 Å². The van der Waals surface area contributed by atoms with Crippen LogP contribution in [0.15, 0.2) is 6.07 Å². The maximum absolute atomic E-state index is 5.34. The van der Waals surface area contributed by atoms with Crippen LogP contribution in [0.1, 0.15) is 31.0 Å². The Morgan fingerprint density at radius 3 is 2.89 bits per heavy atom. The van der Waals surface area contributed by atoms with E-state index in [1.54, 1.807) is 11.3 Å². The number of hydrogen-bond donors (Lipinski definition) is 1. The average Bonchev–Trinajstić information content (AvgIpc) is 2.78. The third-order valence-corrected chi connectivity index (χ3v) is 3.78. The molecular formula is C14H21N3OS. The molecule has 0 spiro atoms. The topological polar surface area (TPSA) is 47.0 Å². The van der Waals surface area contributed by atoms with Gasteiger partial charge in [0.15, 0.2) is 0 Å². The number of nitrogens with zero attached hydrogens (tertiary/aromatic N) is 2. The van der Waals surface area contributed by atoms with Gasteiger partial charge in [-0.25, -0.2) is 9.97 Å². The molecule has 0 aliphatic heterocycles. The number of hydrogen-bond acceptors (Lipinski definition) is 5. The number of nitrogens with one attached hydrogen (secondary N) is 1. The van der Waals surface area contributed by atoms with Gasteiger partial charge in [-0.05, 0) is 26.3 Å². The Labute approximate surface area is 118 Å². The zero-order valence-corrected chi connectivity index (χ0v) is 12.6. The lowest BCUT2D eigenvalue weighted by molar-refractivity contribution is 0.147. The minimum atomic E-state index is 0.779. The highest BCUT2D eigenvalue weighted by Crippen LogP contribution is 2.28. The molecule has 0 amide bonds. The molecule has 0 bridgehead atoms. The summed E-state index contributed by atoms with van der Waals surface area (Å²) in [5.41, 5.74) is 0. The second kappa shape index (κ2) is 6.82. The molecule has 0 fully saturated rings. The van der Waals surface area contributed by atoms with Crippen LogP contribution in [0.5, 0.6) is 0 Å². The molecule has 4 nitrogen and oxygen atoms in total. The minimum absolute atomic E-state index is 0.779. The molecule has 0 unspecified atom stereocenters. The highest BCUT2D eigenvalue weighted by atomic mass is 32.1. The van der Waals surface area contributed by atoms with Gasteiger partial charge in [-0.15, -0.1) is 11.3 Å². The molecule has 19 heavy (non-hydrogen) atoms. The van der Waals surface area contributed by atoms with Gasteiger partial charge in [-0.2, -0.15) is 0 Å². The van der Waals surface area contributed by atoms with Crippen molar-refractivity contribution >= 4 is 27.4 Å². The summed E-state index contributed by atoms with van der Waals surface area (Å²) in [7, 11) is 0. The van der Waals surface area contributed by atoms with E-state index in [1.165, 1.54) is 4.88 Å². The lowest BCUT2D eigenvalue weighted by Gasteiger charge is -2.08. The summed E-state index contributed by atoms with van der Waals surface area (Å²) < 4.78 is 5.34.